The summed E-state index contributed by atoms with van der Waals surface area (Å²) < 4.78 is 4.12. The first-order chi connectivity index (χ1) is 23.9. The molecule has 15 nitrogen and oxygen atoms in total. The van der Waals surface area contributed by atoms with Crippen molar-refractivity contribution < 1.29 is 28.7 Å². The first-order valence-corrected chi connectivity index (χ1v) is 19.9. The Balaban J connectivity index is -0.000000128. The lowest BCUT2D eigenvalue weighted by Gasteiger charge is -2.38. The van der Waals surface area contributed by atoms with Crippen molar-refractivity contribution in [3.05, 3.63) is 46.0 Å². The summed E-state index contributed by atoms with van der Waals surface area (Å²) in [6.45, 7) is 44.4. The van der Waals surface area contributed by atoms with Gasteiger partial charge in [0.15, 0.2) is 0 Å². The molecule has 0 aliphatic rings. The molecular weight excluding hydrogens is 660 g/mol. The van der Waals surface area contributed by atoms with Crippen molar-refractivity contribution in [1.29, 1.82) is 0 Å². The van der Waals surface area contributed by atoms with Crippen LogP contribution in [0.25, 0.3) is 0 Å². The van der Waals surface area contributed by atoms with Crippen LogP contribution >= 0.6 is 0 Å². The molecule has 0 radical (unpaired) electrons. The van der Waals surface area contributed by atoms with E-state index in [1.165, 1.54) is 169 Å². The third-order valence-electron chi connectivity index (χ3n) is 8.38. The van der Waals surface area contributed by atoms with Gasteiger partial charge in [-0.3, -0.25) is 0 Å². The van der Waals surface area contributed by atoms with Crippen LogP contribution in [0.1, 0.15) is 160 Å². The molecule has 0 saturated carbocycles. The fourth-order valence-electron chi connectivity index (χ4n) is 7.70. The van der Waals surface area contributed by atoms with Crippen molar-refractivity contribution in [1.82, 2.24) is 0 Å². The average molecular weight is 745 g/mol. The Morgan fingerprint density at radius 2 is 0.314 bits per heavy atom. The van der Waals surface area contributed by atoms with Gasteiger partial charge in [0.05, 0.1) is 93.8 Å². The Labute approximate surface area is 313 Å². The van der Waals surface area contributed by atoms with Gasteiger partial charge in [-0.15, -0.1) is 0 Å². The van der Waals surface area contributed by atoms with Crippen molar-refractivity contribution in [2.45, 2.75) is 160 Å². The summed E-state index contributed by atoms with van der Waals surface area (Å²) in [4.78, 5) is 24.8. The Morgan fingerprint density at radius 3 is 0.353 bits per heavy atom. The summed E-state index contributed by atoms with van der Waals surface area (Å²) in [7, 11) is 0. The van der Waals surface area contributed by atoms with Gasteiger partial charge in [-0.2, -0.15) is 0 Å². The maximum absolute atomic E-state index is 8.25. The second-order valence-electron chi connectivity index (χ2n) is 13.4. The fourth-order valence-corrected chi connectivity index (χ4v) is 7.70. The summed E-state index contributed by atoms with van der Waals surface area (Å²) in [5, 5.41) is 44.2. The maximum atomic E-state index is 8.25. The minimum absolute atomic E-state index is 1.33. The maximum Gasteiger partial charge on any atom is 0.0783 e. The molecule has 0 fully saturated rings. The number of hydrogen-bond donors (Lipinski definition) is 0. The summed E-state index contributed by atoms with van der Waals surface area (Å²) >= 11 is 0. The van der Waals surface area contributed by atoms with E-state index in [4.69, 9.17) is 46.0 Å². The SMILES string of the molecule is CCC[N+](CCC)(CCC)CCC.CCC[N+](CCC)(CCC)CCC.CCC[N+](CCC)(CCC)CCC.O=[N+]([O-])[O-].O=[N+]([O-])[O-].O=[N+]([O-])[O-]. The summed E-state index contributed by atoms with van der Waals surface area (Å²) in [6.07, 6.45) is 16.0. The smallest absolute Gasteiger partial charge is 0.0783 e. The minimum atomic E-state index is -1.75. The van der Waals surface area contributed by atoms with Crippen LogP contribution in [0.3, 0.4) is 0 Å². The van der Waals surface area contributed by atoms with Crippen molar-refractivity contribution in [2.75, 3.05) is 78.5 Å². The van der Waals surface area contributed by atoms with Crippen LogP contribution in [-0.2, 0) is 0 Å². The monoisotopic (exact) mass is 745 g/mol. The van der Waals surface area contributed by atoms with E-state index in [1.807, 2.05) is 0 Å². The first-order valence-electron chi connectivity index (χ1n) is 19.9. The highest BCUT2D eigenvalue weighted by atomic mass is 16.9. The highest BCUT2D eigenvalue weighted by molar-refractivity contribution is 4.46. The van der Waals surface area contributed by atoms with E-state index < -0.39 is 15.3 Å². The van der Waals surface area contributed by atoms with Crippen LogP contribution in [0.4, 0.5) is 0 Å². The van der Waals surface area contributed by atoms with Gasteiger partial charge >= 0.3 is 0 Å². The molecule has 0 aliphatic carbocycles. The van der Waals surface area contributed by atoms with Gasteiger partial charge in [0.2, 0.25) is 0 Å². The molecule has 0 rings (SSSR count). The lowest BCUT2D eigenvalue weighted by Crippen LogP contribution is -2.50. The van der Waals surface area contributed by atoms with Gasteiger partial charge in [0.1, 0.15) is 0 Å². The summed E-state index contributed by atoms with van der Waals surface area (Å²) in [5.74, 6) is 0. The van der Waals surface area contributed by atoms with E-state index in [1.54, 1.807) is 0 Å². The molecule has 0 heterocycles. The van der Waals surface area contributed by atoms with Crippen LogP contribution in [0, 0.1) is 46.0 Å². The zero-order chi connectivity index (χ0) is 41.2. The van der Waals surface area contributed by atoms with Crippen LogP contribution in [0.15, 0.2) is 0 Å². The van der Waals surface area contributed by atoms with Crippen molar-refractivity contribution in [3.63, 3.8) is 0 Å². The molecule has 0 aromatic heterocycles. The number of quaternary nitrogens is 3. The predicted molar refractivity (Wildman–Crippen MR) is 214 cm³/mol. The second kappa shape index (κ2) is 43.6. The topological polar surface area (TPSA) is 199 Å². The molecule has 0 spiro atoms. The van der Waals surface area contributed by atoms with Crippen LogP contribution < -0.4 is 0 Å². The number of rotatable bonds is 24. The Morgan fingerprint density at radius 1 is 0.255 bits per heavy atom. The average Bonchev–Trinajstić information content (AvgIpc) is 2.99. The Bertz CT molecular complexity index is 554. The second-order valence-corrected chi connectivity index (χ2v) is 13.4. The third kappa shape index (κ3) is 47.5. The van der Waals surface area contributed by atoms with E-state index >= 15 is 0 Å². The summed E-state index contributed by atoms with van der Waals surface area (Å²) in [6, 6.07) is 0. The molecule has 15 heteroatoms. The molecule has 0 aliphatic heterocycles. The van der Waals surface area contributed by atoms with E-state index in [-0.39, 0.29) is 0 Å². The molecule has 0 amide bonds. The lowest BCUT2D eigenvalue weighted by molar-refractivity contribution is -0.928. The fraction of sp³-hybridized carbons (Fsp3) is 1.00. The highest BCUT2D eigenvalue weighted by Gasteiger charge is 2.24. The molecule has 0 bridgehead atoms. The molecule has 0 saturated heterocycles. The minimum Gasteiger partial charge on any atom is -0.356 e. The molecular formula is C36H84N6O9. The molecule has 0 aromatic rings. The predicted octanol–water partition coefficient (Wildman–Crippen LogP) is 9.61. The third-order valence-corrected chi connectivity index (χ3v) is 8.38. The van der Waals surface area contributed by atoms with E-state index in [0.29, 0.717) is 0 Å². The van der Waals surface area contributed by atoms with Gasteiger partial charge in [0, 0.05) is 0 Å². The van der Waals surface area contributed by atoms with Crippen molar-refractivity contribution >= 4 is 0 Å². The standard InChI is InChI=1S/3C12H28N.3NO3/c3*1-5-9-13(10-6-2,11-7-3)12-8-4;3*2-1(3)4/h3*5-12H2,1-4H3;;;/q3*+1;3*-1. The molecule has 0 aromatic carbocycles. The number of nitrogens with zero attached hydrogens (tertiary/aromatic N) is 6. The van der Waals surface area contributed by atoms with Gasteiger partial charge in [-0.1, -0.05) is 83.1 Å². The normalized spacial score (nSPS) is 10.6. The quantitative estimate of drug-likeness (QED) is 0.0524. The Kier molecular flexibility index (Phi) is 51.8. The largest absolute Gasteiger partial charge is 0.356 e. The van der Waals surface area contributed by atoms with Crippen molar-refractivity contribution in [3.8, 4) is 0 Å². The van der Waals surface area contributed by atoms with Crippen molar-refractivity contribution in [2.24, 2.45) is 0 Å². The lowest BCUT2D eigenvalue weighted by atomic mass is 10.2. The summed E-state index contributed by atoms with van der Waals surface area (Å²) in [5.41, 5.74) is 0. The van der Waals surface area contributed by atoms with Crippen LogP contribution in [0.5, 0.6) is 0 Å². The molecule has 0 unspecified atom stereocenters. The first kappa shape index (κ1) is 60.6. The Hall–Kier alpha value is -2.52. The molecule has 0 N–H and O–H groups in total. The highest BCUT2D eigenvalue weighted by Crippen LogP contribution is 2.14. The van der Waals surface area contributed by atoms with E-state index in [2.05, 4.69) is 83.1 Å². The van der Waals surface area contributed by atoms with Gasteiger partial charge in [-0.25, -0.2) is 0 Å². The van der Waals surface area contributed by atoms with Gasteiger partial charge in [-0.05, 0) is 77.0 Å². The molecule has 312 valence electrons. The molecule has 51 heavy (non-hydrogen) atoms. The van der Waals surface area contributed by atoms with Gasteiger partial charge in [0.25, 0.3) is 0 Å². The molecule has 0 atom stereocenters. The van der Waals surface area contributed by atoms with Gasteiger partial charge < -0.3 is 59.4 Å². The van der Waals surface area contributed by atoms with Crippen LogP contribution in [0.2, 0.25) is 0 Å². The zero-order valence-electron chi connectivity index (χ0n) is 35.3. The van der Waals surface area contributed by atoms with Crippen LogP contribution in [-0.4, -0.2) is 107 Å². The van der Waals surface area contributed by atoms with E-state index in [0.717, 1.165) is 0 Å². The van der Waals surface area contributed by atoms with E-state index in [9.17, 15) is 0 Å². The zero-order valence-corrected chi connectivity index (χ0v) is 35.3. The number of hydrogen-bond acceptors (Lipinski definition) is 9.